The Morgan fingerprint density at radius 3 is 1.64 bits per heavy atom. The first-order valence-corrected chi connectivity index (χ1v) is 15.0. The Labute approximate surface area is 249 Å². The maximum Gasteiger partial charge on any atom is 0.267 e. The number of fused-ring (bicyclic) bond motifs is 2. The van der Waals surface area contributed by atoms with Crippen molar-refractivity contribution in [3.8, 4) is 23.0 Å². The molecular formula is C28H28N6O6S2. The summed E-state index contributed by atoms with van der Waals surface area (Å²) in [6.07, 6.45) is 2.89. The second-order valence-corrected chi connectivity index (χ2v) is 11.9. The molecule has 218 valence electrons. The molecule has 0 saturated heterocycles. The van der Waals surface area contributed by atoms with Crippen LogP contribution in [-0.2, 0) is 35.3 Å². The van der Waals surface area contributed by atoms with Gasteiger partial charge in [-0.2, -0.15) is 0 Å². The average Bonchev–Trinajstić information content (AvgIpc) is 3.80. The number of benzene rings is 2. The summed E-state index contributed by atoms with van der Waals surface area (Å²) < 4.78 is 22.1. The van der Waals surface area contributed by atoms with Gasteiger partial charge in [0.25, 0.3) is 11.8 Å². The number of hydrogen-bond donors (Lipinski definition) is 2. The summed E-state index contributed by atoms with van der Waals surface area (Å²) in [5.74, 6) is 2.33. The number of rotatable bonds is 11. The summed E-state index contributed by atoms with van der Waals surface area (Å²) in [6.45, 7) is 0. The van der Waals surface area contributed by atoms with Gasteiger partial charge in [0.1, 0.15) is 33.0 Å². The Hall–Kier alpha value is -4.30. The first kappa shape index (κ1) is 27.8. The monoisotopic (exact) mass is 608 g/mol. The zero-order valence-corrected chi connectivity index (χ0v) is 24.5. The van der Waals surface area contributed by atoms with Crippen molar-refractivity contribution in [3.63, 3.8) is 0 Å². The number of hydrogen-bond acceptors (Lipinski definition) is 12. The molecule has 0 bridgehead atoms. The minimum absolute atomic E-state index is 0.253. The van der Waals surface area contributed by atoms with Crippen molar-refractivity contribution < 1.29 is 28.5 Å². The number of nitrogens with zero attached hydrogens (tertiary/aromatic N) is 4. The Morgan fingerprint density at radius 2 is 1.21 bits per heavy atom. The van der Waals surface area contributed by atoms with E-state index < -0.39 is 12.2 Å². The normalized spacial score (nSPS) is 16.6. The highest BCUT2D eigenvalue weighted by molar-refractivity contribution is 7.15. The molecule has 14 heteroatoms. The highest BCUT2D eigenvalue weighted by Crippen LogP contribution is 2.34. The fraction of sp³-hybridized carbons (Fsp3) is 0.357. The number of aryl methyl sites for hydroxylation is 2. The van der Waals surface area contributed by atoms with E-state index in [1.54, 1.807) is 14.2 Å². The molecule has 0 fully saturated rings. The highest BCUT2D eigenvalue weighted by atomic mass is 32.1. The van der Waals surface area contributed by atoms with E-state index in [2.05, 4.69) is 31.0 Å². The van der Waals surface area contributed by atoms with E-state index in [0.29, 0.717) is 34.6 Å². The number of carbonyl (C=O) groups is 2. The van der Waals surface area contributed by atoms with E-state index in [1.807, 2.05) is 36.4 Å². The van der Waals surface area contributed by atoms with Crippen molar-refractivity contribution in [1.29, 1.82) is 0 Å². The summed E-state index contributed by atoms with van der Waals surface area (Å²) in [6, 6.07) is 11.0. The Morgan fingerprint density at radius 1 is 0.762 bits per heavy atom. The van der Waals surface area contributed by atoms with E-state index in [-0.39, 0.29) is 11.8 Å². The average molecular weight is 609 g/mol. The molecule has 0 radical (unpaired) electrons. The van der Waals surface area contributed by atoms with Crippen molar-refractivity contribution in [2.24, 2.45) is 0 Å². The van der Waals surface area contributed by atoms with E-state index in [1.165, 1.54) is 22.7 Å². The van der Waals surface area contributed by atoms with Gasteiger partial charge >= 0.3 is 0 Å². The van der Waals surface area contributed by atoms with Crippen molar-refractivity contribution in [2.75, 3.05) is 24.9 Å². The number of nitrogens with one attached hydrogen (secondary N) is 2. The number of ether oxygens (including phenoxy) is 4. The molecule has 0 saturated carbocycles. The minimum Gasteiger partial charge on any atom is -0.497 e. The Balaban J connectivity index is 0.911. The van der Waals surface area contributed by atoms with Gasteiger partial charge in [0.2, 0.25) is 10.3 Å². The van der Waals surface area contributed by atoms with Gasteiger partial charge in [-0.05, 0) is 49.2 Å². The smallest absolute Gasteiger partial charge is 0.267 e. The second-order valence-electron chi connectivity index (χ2n) is 9.76. The highest BCUT2D eigenvalue weighted by Gasteiger charge is 2.31. The number of amides is 2. The molecule has 42 heavy (non-hydrogen) atoms. The number of aromatic nitrogens is 4. The third kappa shape index (κ3) is 6.29. The molecule has 12 nitrogen and oxygen atoms in total. The summed E-state index contributed by atoms with van der Waals surface area (Å²) in [4.78, 5) is 25.4. The minimum atomic E-state index is -0.618. The van der Waals surface area contributed by atoms with Crippen LogP contribution >= 0.6 is 22.7 Å². The van der Waals surface area contributed by atoms with Crippen LogP contribution in [0.1, 0.15) is 34.0 Å². The largest absolute Gasteiger partial charge is 0.497 e. The fourth-order valence-electron chi connectivity index (χ4n) is 4.73. The third-order valence-electron chi connectivity index (χ3n) is 6.89. The van der Waals surface area contributed by atoms with Crippen molar-refractivity contribution in [1.82, 2.24) is 20.4 Å². The maximum absolute atomic E-state index is 12.7. The quantitative estimate of drug-likeness (QED) is 0.241. The lowest BCUT2D eigenvalue weighted by Gasteiger charge is -2.09. The number of carbonyl (C=O) groups excluding carboxylic acids is 2. The van der Waals surface area contributed by atoms with E-state index in [0.717, 1.165) is 58.3 Å². The summed E-state index contributed by atoms with van der Waals surface area (Å²) in [7, 11) is 3.21. The molecule has 2 aliphatic heterocycles. The van der Waals surface area contributed by atoms with Crippen molar-refractivity contribution >= 4 is 44.8 Å². The van der Waals surface area contributed by atoms with Crippen LogP contribution in [0.25, 0.3) is 0 Å². The van der Waals surface area contributed by atoms with E-state index in [9.17, 15) is 9.59 Å². The topological polar surface area (TPSA) is 147 Å². The molecular weight excluding hydrogens is 580 g/mol. The zero-order valence-electron chi connectivity index (χ0n) is 22.9. The van der Waals surface area contributed by atoms with Gasteiger partial charge in [-0.3, -0.25) is 20.2 Å². The summed E-state index contributed by atoms with van der Waals surface area (Å²) in [5, 5.41) is 24.8. The first-order valence-electron chi connectivity index (χ1n) is 13.4. The standard InChI is InChI=1S/C28H28N6O6S2/c1-37-17-7-9-19-15(11-17)13-21(39-19)25(35)29-27-33-31-23(41-27)5-3-4-6-24-32-34-28(42-24)30-26(36)22-14-16-12-18(38-2)8-10-20(16)40-22/h7-12,21-22H,3-6,13-14H2,1-2H3,(H,29,33,35)(H,30,34,36). The van der Waals surface area contributed by atoms with Gasteiger partial charge in [0.05, 0.1) is 14.2 Å². The molecule has 0 aliphatic carbocycles. The predicted octanol–water partition coefficient (Wildman–Crippen LogP) is 3.86. The second kappa shape index (κ2) is 12.3. The predicted molar refractivity (Wildman–Crippen MR) is 156 cm³/mol. The van der Waals surface area contributed by atoms with E-state index >= 15 is 0 Å². The van der Waals surface area contributed by atoms with Crippen molar-refractivity contribution in [2.45, 2.75) is 50.7 Å². The number of anilines is 2. The van der Waals surface area contributed by atoms with Crippen LogP contribution in [0.5, 0.6) is 23.0 Å². The van der Waals surface area contributed by atoms with Gasteiger partial charge in [0, 0.05) is 36.8 Å². The summed E-state index contributed by atoms with van der Waals surface area (Å²) in [5.41, 5.74) is 1.88. The molecule has 2 unspecified atom stereocenters. The molecule has 4 aromatic rings. The molecule has 2 aromatic heterocycles. The molecule has 4 heterocycles. The molecule has 2 amide bonds. The van der Waals surface area contributed by atoms with Crippen LogP contribution in [0.15, 0.2) is 36.4 Å². The van der Waals surface area contributed by atoms with Gasteiger partial charge in [-0.1, -0.05) is 22.7 Å². The molecule has 2 atom stereocenters. The molecule has 2 aliphatic rings. The van der Waals surface area contributed by atoms with Crippen LogP contribution < -0.4 is 29.6 Å². The lowest BCUT2D eigenvalue weighted by Crippen LogP contribution is -2.31. The number of methoxy groups -OCH3 is 2. The third-order valence-corrected chi connectivity index (χ3v) is 8.69. The SMILES string of the molecule is COc1ccc2c(c1)CC(C(=O)Nc1nnc(CCCCc3nnc(NC(=O)C4Cc5cc(OC)ccc5O4)s3)s1)O2. The molecule has 0 spiro atoms. The van der Waals surface area contributed by atoms with Gasteiger partial charge < -0.3 is 18.9 Å². The lowest BCUT2D eigenvalue weighted by molar-refractivity contribution is -0.122. The molecule has 6 rings (SSSR count). The van der Waals surface area contributed by atoms with Crippen molar-refractivity contribution in [3.05, 3.63) is 57.5 Å². The van der Waals surface area contributed by atoms with Crippen LogP contribution in [0.2, 0.25) is 0 Å². The number of unbranched alkanes of at least 4 members (excludes halogenated alkanes) is 1. The lowest BCUT2D eigenvalue weighted by atomic mass is 10.1. The molecule has 2 aromatic carbocycles. The van der Waals surface area contributed by atoms with Gasteiger partial charge in [0.15, 0.2) is 12.2 Å². The summed E-state index contributed by atoms with van der Waals surface area (Å²) >= 11 is 2.71. The van der Waals surface area contributed by atoms with E-state index in [4.69, 9.17) is 18.9 Å². The van der Waals surface area contributed by atoms with Crippen LogP contribution in [-0.4, -0.2) is 58.6 Å². The van der Waals surface area contributed by atoms with Crippen LogP contribution in [0.4, 0.5) is 10.3 Å². The first-order chi connectivity index (χ1) is 20.5. The van der Waals surface area contributed by atoms with Crippen LogP contribution in [0.3, 0.4) is 0 Å². The fourth-order valence-corrected chi connectivity index (χ4v) is 6.30. The zero-order chi connectivity index (χ0) is 29.1. The van der Waals surface area contributed by atoms with Gasteiger partial charge in [-0.25, -0.2) is 0 Å². The Bertz CT molecular complexity index is 1490. The molecule has 2 N–H and O–H groups in total. The Kier molecular flexibility index (Phi) is 8.15. The maximum atomic E-state index is 12.7. The van der Waals surface area contributed by atoms with Crippen LogP contribution in [0, 0.1) is 0 Å². The van der Waals surface area contributed by atoms with Gasteiger partial charge in [-0.15, -0.1) is 20.4 Å².